The zero-order chi connectivity index (χ0) is 38.3. The van der Waals surface area contributed by atoms with Gasteiger partial charge in [-0.2, -0.15) is 0 Å². The average Bonchev–Trinajstić information content (AvgIpc) is 3.16. The number of ketones is 1. The molecule has 17 nitrogen and oxygen atoms in total. The summed E-state index contributed by atoms with van der Waals surface area (Å²) in [6.07, 6.45) is 1.20. The molecule has 0 fully saturated rings. The molecule has 1 aromatic rings. The number of carbonyl (C=O) groups excluding carboxylic acids is 3. The molecule has 304 valence electrons. The molecule has 17 heteroatoms. The van der Waals surface area contributed by atoms with Gasteiger partial charge in [0.15, 0.2) is 0 Å². The molecule has 0 aromatic heterocycles. The second-order valence-corrected chi connectivity index (χ2v) is 10.8. The van der Waals surface area contributed by atoms with E-state index in [9.17, 15) is 19.2 Å². The lowest BCUT2D eigenvalue weighted by molar-refractivity contribution is -0.146. The van der Waals surface area contributed by atoms with Crippen LogP contribution in [0, 0.1) is 0 Å². The zero-order valence-electron chi connectivity index (χ0n) is 30.8. The van der Waals surface area contributed by atoms with Crippen molar-refractivity contribution in [2.24, 2.45) is 0 Å². The molecule has 1 N–H and O–H groups in total. The number of hydrogen-bond donors (Lipinski definition) is 1. The van der Waals surface area contributed by atoms with E-state index in [1.807, 2.05) is 0 Å². The van der Waals surface area contributed by atoms with Gasteiger partial charge in [-0.15, -0.1) is 0 Å². The van der Waals surface area contributed by atoms with Crippen molar-refractivity contribution in [3.63, 3.8) is 0 Å². The van der Waals surface area contributed by atoms with Gasteiger partial charge in [-0.1, -0.05) is 30.3 Å². The summed E-state index contributed by atoms with van der Waals surface area (Å²) in [5.41, 5.74) is 0.288. The Balaban J connectivity index is 1.66. The topological polar surface area (TPSA) is 199 Å². The summed E-state index contributed by atoms with van der Waals surface area (Å²) in [7, 11) is 0. The molecule has 0 radical (unpaired) electrons. The van der Waals surface area contributed by atoms with E-state index >= 15 is 0 Å². The van der Waals surface area contributed by atoms with Crippen molar-refractivity contribution in [2.45, 2.75) is 25.7 Å². The quantitative estimate of drug-likeness (QED) is 0.0439. The smallest absolute Gasteiger partial charge is 0.379 e. The Morgan fingerprint density at radius 2 is 0.698 bits per heavy atom. The second kappa shape index (κ2) is 37.2. The van der Waals surface area contributed by atoms with Crippen molar-refractivity contribution in [2.75, 3.05) is 145 Å². The number of aliphatic carboxylic acids is 1. The minimum Gasteiger partial charge on any atom is -0.481 e. The number of esters is 2. The Labute approximate surface area is 311 Å². The molecule has 1 aromatic carbocycles. The fourth-order valence-corrected chi connectivity index (χ4v) is 3.88. The zero-order valence-corrected chi connectivity index (χ0v) is 30.8. The molecule has 0 aliphatic rings. The summed E-state index contributed by atoms with van der Waals surface area (Å²) in [5.74, 6) is -2.81. The number of unbranched alkanes of at least 4 members (excludes halogenated alkanes) is 1. The molecule has 0 saturated heterocycles. The van der Waals surface area contributed by atoms with Crippen molar-refractivity contribution in [3.8, 4) is 0 Å². The second-order valence-electron chi connectivity index (χ2n) is 10.8. The van der Waals surface area contributed by atoms with Crippen LogP contribution in [-0.2, 0) is 71.2 Å². The van der Waals surface area contributed by atoms with Gasteiger partial charge in [-0.25, -0.2) is 4.79 Å². The lowest BCUT2D eigenvalue weighted by atomic mass is 10.1. The molecule has 1 rings (SSSR count). The van der Waals surface area contributed by atoms with Crippen LogP contribution >= 0.6 is 0 Å². The molecule has 0 spiro atoms. The Morgan fingerprint density at radius 3 is 1.04 bits per heavy atom. The Hall–Kier alpha value is -3.10. The van der Waals surface area contributed by atoms with E-state index in [1.165, 1.54) is 0 Å². The maximum atomic E-state index is 11.9. The number of Topliss-reactive ketones (excluding diaryl/α,β-unsaturated/α-hetero) is 1. The van der Waals surface area contributed by atoms with E-state index in [4.69, 9.17) is 61.9 Å². The Kier molecular flexibility index (Phi) is 33.7. The summed E-state index contributed by atoms with van der Waals surface area (Å²) < 4.78 is 64.1. The first-order valence-corrected chi connectivity index (χ1v) is 17.9. The van der Waals surface area contributed by atoms with Crippen molar-refractivity contribution >= 4 is 23.7 Å². The van der Waals surface area contributed by atoms with Crippen molar-refractivity contribution in [1.82, 2.24) is 0 Å². The number of carboxylic acids is 1. The third-order valence-electron chi connectivity index (χ3n) is 6.54. The predicted molar refractivity (Wildman–Crippen MR) is 187 cm³/mol. The Bertz CT molecular complexity index is 1030. The van der Waals surface area contributed by atoms with Gasteiger partial charge in [-0.3, -0.25) is 14.4 Å². The van der Waals surface area contributed by atoms with Crippen LogP contribution in [-0.4, -0.2) is 174 Å². The van der Waals surface area contributed by atoms with Crippen LogP contribution in [0.1, 0.15) is 36.0 Å². The number of ether oxygens (including phenoxy) is 12. The largest absolute Gasteiger partial charge is 0.481 e. The number of rotatable bonds is 40. The van der Waals surface area contributed by atoms with E-state index in [2.05, 4.69) is 0 Å². The summed E-state index contributed by atoms with van der Waals surface area (Å²) in [4.78, 5) is 45.5. The van der Waals surface area contributed by atoms with Crippen LogP contribution < -0.4 is 0 Å². The average molecular weight is 763 g/mol. The molecule has 0 heterocycles. The molecule has 0 saturated carbocycles. The fourth-order valence-electron chi connectivity index (χ4n) is 3.88. The van der Waals surface area contributed by atoms with Crippen molar-refractivity contribution in [3.05, 3.63) is 35.9 Å². The monoisotopic (exact) mass is 762 g/mol. The van der Waals surface area contributed by atoms with E-state index in [0.29, 0.717) is 132 Å². The van der Waals surface area contributed by atoms with Gasteiger partial charge in [0.25, 0.3) is 5.78 Å². The minimum atomic E-state index is -0.906. The summed E-state index contributed by atoms with van der Waals surface area (Å²) >= 11 is 0. The van der Waals surface area contributed by atoms with E-state index in [0.717, 1.165) is 0 Å². The van der Waals surface area contributed by atoms with Gasteiger partial charge in [0.05, 0.1) is 132 Å². The number of benzene rings is 1. The van der Waals surface area contributed by atoms with Gasteiger partial charge in [0.1, 0.15) is 13.2 Å². The first-order chi connectivity index (χ1) is 26.0. The lowest BCUT2D eigenvalue weighted by Crippen LogP contribution is -2.20. The van der Waals surface area contributed by atoms with E-state index in [-0.39, 0.29) is 50.8 Å². The minimum absolute atomic E-state index is 0.0126. The van der Waals surface area contributed by atoms with Gasteiger partial charge in [0, 0.05) is 18.4 Å². The normalized spacial score (nSPS) is 11.1. The van der Waals surface area contributed by atoms with Gasteiger partial charge in [-0.05, 0) is 12.8 Å². The number of carboxylic acid groups (broad SMARTS) is 1. The molecule has 0 amide bonds. The van der Waals surface area contributed by atoms with Crippen LogP contribution in [0.5, 0.6) is 0 Å². The first kappa shape index (κ1) is 47.9. The van der Waals surface area contributed by atoms with Gasteiger partial charge >= 0.3 is 17.9 Å². The third-order valence-corrected chi connectivity index (χ3v) is 6.54. The maximum absolute atomic E-state index is 11.9. The van der Waals surface area contributed by atoms with Gasteiger partial charge in [0.2, 0.25) is 0 Å². The van der Waals surface area contributed by atoms with Crippen LogP contribution in [0.4, 0.5) is 0 Å². The highest BCUT2D eigenvalue weighted by molar-refractivity contribution is 6.40. The third kappa shape index (κ3) is 33.2. The molecule has 53 heavy (non-hydrogen) atoms. The molecule has 0 unspecified atom stereocenters. The molecular weight excluding hydrogens is 704 g/mol. The highest BCUT2D eigenvalue weighted by atomic mass is 16.6. The summed E-state index contributed by atoms with van der Waals surface area (Å²) in [5, 5.41) is 8.55. The molecular formula is C36H58O17. The molecule has 0 bridgehead atoms. The number of hydrogen-bond acceptors (Lipinski definition) is 16. The number of carbonyl (C=O) groups is 4. The van der Waals surface area contributed by atoms with Crippen LogP contribution in [0.15, 0.2) is 30.3 Å². The molecule has 0 aliphatic heterocycles. The Morgan fingerprint density at radius 1 is 0.396 bits per heavy atom. The molecule has 0 aliphatic carbocycles. The predicted octanol–water partition coefficient (Wildman–Crippen LogP) is 1.77. The standard InChI is InChI=1S/C36H58O17/c37-33(38)8-4-5-9-34(39)52-30-28-50-26-24-48-22-20-46-18-16-44-14-12-42-10-11-43-13-15-45-17-19-47-21-23-49-25-27-51-29-31-53-36(41)35(40)32-6-2-1-3-7-32/h1-3,6-7H,4-5,8-31H2,(H,37,38). The lowest BCUT2D eigenvalue weighted by Gasteiger charge is -2.09. The van der Waals surface area contributed by atoms with Crippen LogP contribution in [0.25, 0.3) is 0 Å². The van der Waals surface area contributed by atoms with E-state index in [1.54, 1.807) is 30.3 Å². The highest BCUT2D eigenvalue weighted by Crippen LogP contribution is 2.02. The van der Waals surface area contributed by atoms with Gasteiger partial charge < -0.3 is 61.9 Å². The molecule has 0 atom stereocenters. The summed E-state index contributed by atoms with van der Waals surface area (Å²) in [6.45, 7) is 8.27. The highest BCUT2D eigenvalue weighted by Gasteiger charge is 2.17. The fraction of sp³-hybridized carbons (Fsp3) is 0.722. The first-order valence-electron chi connectivity index (χ1n) is 17.9. The van der Waals surface area contributed by atoms with Crippen LogP contribution in [0.2, 0.25) is 0 Å². The van der Waals surface area contributed by atoms with E-state index < -0.39 is 17.7 Å². The van der Waals surface area contributed by atoms with Crippen molar-refractivity contribution < 1.29 is 81.1 Å². The maximum Gasteiger partial charge on any atom is 0.379 e. The SMILES string of the molecule is O=C(O)CCCCC(=O)OCCOCCOCCOCCOCCOCCOCCOCCOCCOCCOCCOC(=O)C(=O)c1ccccc1. The summed E-state index contributed by atoms with van der Waals surface area (Å²) in [6, 6.07) is 8.23. The van der Waals surface area contributed by atoms with Crippen molar-refractivity contribution in [1.29, 1.82) is 0 Å². The van der Waals surface area contributed by atoms with Crippen LogP contribution in [0.3, 0.4) is 0 Å².